The van der Waals surface area contributed by atoms with Gasteiger partial charge in [-0.05, 0) is 44.8 Å². The molecule has 0 unspecified atom stereocenters. The second-order valence-corrected chi connectivity index (χ2v) is 5.77. The van der Waals surface area contributed by atoms with E-state index in [9.17, 15) is 0 Å². The third kappa shape index (κ3) is 4.42. The van der Waals surface area contributed by atoms with Crippen molar-refractivity contribution in [2.75, 3.05) is 26.2 Å². The normalized spacial score (nSPS) is 20.0. The van der Waals surface area contributed by atoms with Gasteiger partial charge >= 0.3 is 0 Å². The van der Waals surface area contributed by atoms with E-state index < -0.39 is 0 Å². The molecule has 5 heteroatoms. The maximum atomic E-state index is 5.67. The number of rotatable bonds is 7. The molecule has 2 aliphatic rings. The van der Waals surface area contributed by atoms with Crippen LogP contribution in [0.5, 0.6) is 5.88 Å². The van der Waals surface area contributed by atoms with Crippen LogP contribution < -0.4 is 10.1 Å². The summed E-state index contributed by atoms with van der Waals surface area (Å²) in [4.78, 5) is 2.46. The van der Waals surface area contributed by atoms with Crippen molar-refractivity contribution in [1.82, 2.24) is 20.4 Å². The minimum Gasteiger partial charge on any atom is -0.475 e. The van der Waals surface area contributed by atoms with Crippen LogP contribution in [0.25, 0.3) is 0 Å². The Morgan fingerprint density at radius 3 is 2.70 bits per heavy atom. The molecule has 3 rings (SSSR count). The third-order valence-corrected chi connectivity index (χ3v) is 3.95. The molecule has 1 saturated carbocycles. The van der Waals surface area contributed by atoms with Gasteiger partial charge < -0.3 is 10.1 Å². The fraction of sp³-hybridized carbons (Fsp3) is 0.733. The number of nitrogens with one attached hydrogen (secondary N) is 1. The van der Waals surface area contributed by atoms with Crippen molar-refractivity contribution in [2.45, 2.75) is 44.7 Å². The van der Waals surface area contributed by atoms with Crippen LogP contribution in [0.15, 0.2) is 12.1 Å². The maximum absolute atomic E-state index is 5.67. The topological polar surface area (TPSA) is 50.3 Å². The summed E-state index contributed by atoms with van der Waals surface area (Å²) in [7, 11) is 0. The second-order valence-electron chi connectivity index (χ2n) is 5.77. The minimum atomic E-state index is 0.636. The maximum Gasteiger partial charge on any atom is 0.233 e. The van der Waals surface area contributed by atoms with E-state index in [-0.39, 0.29) is 0 Å². The lowest BCUT2D eigenvalue weighted by Crippen LogP contribution is -2.33. The molecule has 0 atom stereocenters. The summed E-state index contributed by atoms with van der Waals surface area (Å²) in [6, 6.07) is 4.63. The van der Waals surface area contributed by atoms with Crippen LogP contribution in [0.1, 0.15) is 37.8 Å². The molecule has 1 aromatic heterocycles. The van der Waals surface area contributed by atoms with Crippen molar-refractivity contribution < 1.29 is 4.74 Å². The predicted molar refractivity (Wildman–Crippen MR) is 77.7 cm³/mol. The molecule has 5 nitrogen and oxygen atoms in total. The number of nitrogens with zero attached hydrogens (tertiary/aromatic N) is 3. The van der Waals surface area contributed by atoms with Crippen molar-refractivity contribution in [3.8, 4) is 5.88 Å². The van der Waals surface area contributed by atoms with E-state index >= 15 is 0 Å². The molecule has 1 aromatic rings. The number of ether oxygens (including phenoxy) is 1. The number of likely N-dealkylation sites (tertiary alicyclic amines) is 1. The number of aromatic nitrogens is 2. The molecule has 1 aliphatic heterocycles. The van der Waals surface area contributed by atoms with Crippen molar-refractivity contribution in [1.29, 1.82) is 0 Å². The largest absolute Gasteiger partial charge is 0.475 e. The highest BCUT2D eigenvalue weighted by atomic mass is 16.5. The van der Waals surface area contributed by atoms with E-state index in [0.29, 0.717) is 18.5 Å². The molecule has 0 amide bonds. The molecular formula is C15H24N4O. The van der Waals surface area contributed by atoms with E-state index in [2.05, 4.69) is 20.4 Å². The van der Waals surface area contributed by atoms with Gasteiger partial charge in [-0.3, -0.25) is 4.90 Å². The summed E-state index contributed by atoms with van der Waals surface area (Å²) >= 11 is 0. The standard InChI is InChI=1S/C15H24N4O/c1-2-8-19(9-3-1)10-11-20-15-7-6-14(17-18-15)12-16-13-4-5-13/h6-7,13,16H,1-5,8-12H2. The first-order valence-corrected chi connectivity index (χ1v) is 7.81. The molecule has 0 radical (unpaired) electrons. The second kappa shape index (κ2) is 6.99. The van der Waals surface area contributed by atoms with Crippen molar-refractivity contribution in [3.63, 3.8) is 0 Å². The van der Waals surface area contributed by atoms with Crippen molar-refractivity contribution in [2.24, 2.45) is 0 Å². The lowest BCUT2D eigenvalue weighted by Gasteiger charge is -2.25. The lowest BCUT2D eigenvalue weighted by molar-refractivity contribution is 0.179. The molecule has 1 N–H and O–H groups in total. The molecule has 1 saturated heterocycles. The quantitative estimate of drug-likeness (QED) is 0.819. The first kappa shape index (κ1) is 13.8. The zero-order valence-electron chi connectivity index (χ0n) is 12.1. The fourth-order valence-electron chi connectivity index (χ4n) is 2.52. The molecule has 110 valence electrons. The number of hydrogen-bond acceptors (Lipinski definition) is 5. The Bertz CT molecular complexity index is 399. The SMILES string of the molecule is c1cc(OCCN2CCCCC2)nnc1CNC1CC1. The number of piperidine rings is 1. The van der Waals surface area contributed by atoms with Gasteiger partial charge in [-0.15, -0.1) is 5.10 Å². The molecule has 2 fully saturated rings. The van der Waals surface area contributed by atoms with Crippen LogP contribution in [0.3, 0.4) is 0 Å². The molecule has 1 aliphatic carbocycles. The highest BCUT2D eigenvalue weighted by molar-refractivity contribution is 5.11. The van der Waals surface area contributed by atoms with E-state index in [4.69, 9.17) is 4.74 Å². The van der Waals surface area contributed by atoms with Crippen LogP contribution in [0.4, 0.5) is 0 Å². The van der Waals surface area contributed by atoms with Gasteiger partial charge in [-0.2, -0.15) is 5.10 Å². The van der Waals surface area contributed by atoms with Crippen molar-refractivity contribution in [3.05, 3.63) is 17.8 Å². The zero-order valence-corrected chi connectivity index (χ0v) is 12.1. The number of hydrogen-bond donors (Lipinski definition) is 1. The summed E-state index contributed by atoms with van der Waals surface area (Å²) < 4.78 is 5.67. The van der Waals surface area contributed by atoms with Crippen LogP contribution in [0.2, 0.25) is 0 Å². The Hall–Kier alpha value is -1.20. The van der Waals surface area contributed by atoms with Crippen LogP contribution in [0, 0.1) is 0 Å². The molecule has 0 aromatic carbocycles. The Morgan fingerprint density at radius 1 is 1.15 bits per heavy atom. The smallest absolute Gasteiger partial charge is 0.233 e. The van der Waals surface area contributed by atoms with Gasteiger partial charge in [0.05, 0.1) is 5.69 Å². The summed E-state index contributed by atoms with van der Waals surface area (Å²) in [5.41, 5.74) is 0.986. The molecule has 20 heavy (non-hydrogen) atoms. The predicted octanol–water partition coefficient (Wildman–Crippen LogP) is 1.59. The molecule has 0 bridgehead atoms. The average molecular weight is 276 g/mol. The molecular weight excluding hydrogens is 252 g/mol. The molecule has 2 heterocycles. The van der Waals surface area contributed by atoms with E-state index in [1.54, 1.807) is 0 Å². The first-order valence-electron chi connectivity index (χ1n) is 7.81. The van der Waals surface area contributed by atoms with E-state index in [0.717, 1.165) is 18.8 Å². The lowest BCUT2D eigenvalue weighted by atomic mass is 10.1. The van der Waals surface area contributed by atoms with Gasteiger partial charge in [0.15, 0.2) is 0 Å². The Kier molecular flexibility index (Phi) is 4.82. The van der Waals surface area contributed by atoms with Crippen LogP contribution in [-0.4, -0.2) is 47.4 Å². The van der Waals surface area contributed by atoms with Crippen LogP contribution >= 0.6 is 0 Å². The third-order valence-electron chi connectivity index (χ3n) is 3.95. The fourth-order valence-corrected chi connectivity index (χ4v) is 2.52. The van der Waals surface area contributed by atoms with Crippen molar-refractivity contribution >= 4 is 0 Å². The highest BCUT2D eigenvalue weighted by Crippen LogP contribution is 2.19. The van der Waals surface area contributed by atoms with Gasteiger partial charge in [-0.25, -0.2) is 0 Å². The summed E-state index contributed by atoms with van der Waals surface area (Å²) in [5.74, 6) is 0.636. The Labute approximate surface area is 120 Å². The van der Waals surface area contributed by atoms with Gasteiger partial charge in [0.25, 0.3) is 0 Å². The van der Waals surface area contributed by atoms with E-state index in [1.165, 1.54) is 45.2 Å². The monoisotopic (exact) mass is 276 g/mol. The van der Waals surface area contributed by atoms with Gasteiger partial charge in [-0.1, -0.05) is 6.42 Å². The summed E-state index contributed by atoms with van der Waals surface area (Å²) in [6.07, 6.45) is 6.61. The zero-order chi connectivity index (χ0) is 13.6. The Morgan fingerprint density at radius 2 is 2.00 bits per heavy atom. The highest BCUT2D eigenvalue weighted by Gasteiger charge is 2.20. The van der Waals surface area contributed by atoms with Crippen LogP contribution in [-0.2, 0) is 6.54 Å². The van der Waals surface area contributed by atoms with E-state index in [1.807, 2.05) is 12.1 Å². The summed E-state index contributed by atoms with van der Waals surface area (Å²) in [6.45, 7) is 4.92. The van der Waals surface area contributed by atoms with Gasteiger partial charge in [0.2, 0.25) is 5.88 Å². The molecule has 0 spiro atoms. The Balaban J connectivity index is 1.36. The summed E-state index contributed by atoms with van der Waals surface area (Å²) in [5, 5.41) is 11.8. The van der Waals surface area contributed by atoms with Gasteiger partial charge in [0.1, 0.15) is 6.61 Å². The average Bonchev–Trinajstić information content (AvgIpc) is 3.32. The van der Waals surface area contributed by atoms with Gasteiger partial charge in [0, 0.05) is 25.2 Å². The minimum absolute atomic E-state index is 0.636. The first-order chi connectivity index (χ1) is 9.90.